The average Bonchev–Trinajstić information content (AvgIpc) is 3.13. The first kappa shape index (κ1) is 22.0. The highest BCUT2D eigenvalue weighted by Crippen LogP contribution is 2.69. The first-order valence-corrected chi connectivity index (χ1v) is 11.8. The minimum absolute atomic E-state index is 0.0434. The molecule has 3 fully saturated rings. The molecule has 0 bridgehead atoms. The van der Waals surface area contributed by atoms with Crippen molar-refractivity contribution in [2.75, 3.05) is 4.90 Å². The van der Waals surface area contributed by atoms with Crippen LogP contribution in [-0.4, -0.2) is 34.7 Å². The van der Waals surface area contributed by atoms with Gasteiger partial charge in [-0.05, 0) is 42.7 Å². The topological polar surface area (TPSA) is 57.7 Å². The van der Waals surface area contributed by atoms with E-state index in [2.05, 4.69) is 27.7 Å². The van der Waals surface area contributed by atoms with Crippen LogP contribution in [0.15, 0.2) is 24.3 Å². The fourth-order valence-electron chi connectivity index (χ4n) is 5.89. The van der Waals surface area contributed by atoms with Crippen LogP contribution in [0.25, 0.3) is 0 Å². The zero-order valence-electron chi connectivity index (χ0n) is 19.6. The molecule has 4 rings (SSSR count). The van der Waals surface area contributed by atoms with Crippen LogP contribution in [0.4, 0.5) is 5.69 Å². The van der Waals surface area contributed by atoms with Gasteiger partial charge in [0, 0.05) is 12.0 Å². The normalized spacial score (nSPS) is 26.1. The predicted molar refractivity (Wildman–Crippen MR) is 121 cm³/mol. The summed E-state index contributed by atoms with van der Waals surface area (Å²) in [6, 6.07) is 6.81. The smallest absolute Gasteiger partial charge is 0.257 e. The Morgan fingerprint density at radius 3 is 2.00 bits per heavy atom. The molecule has 1 atom stereocenters. The molecule has 0 aromatic heterocycles. The Kier molecular flexibility index (Phi) is 5.51. The predicted octanol–water partition coefficient (Wildman–Crippen LogP) is 4.86. The lowest BCUT2D eigenvalue weighted by atomic mass is 10.0. The fourth-order valence-corrected chi connectivity index (χ4v) is 5.89. The number of carbonyl (C=O) groups excluding carboxylic acids is 3. The maximum Gasteiger partial charge on any atom is 0.257 e. The van der Waals surface area contributed by atoms with Gasteiger partial charge in [-0.15, -0.1) is 0 Å². The van der Waals surface area contributed by atoms with Gasteiger partial charge in [0.2, 0.25) is 11.8 Å². The third-order valence-electron chi connectivity index (χ3n) is 8.49. The lowest BCUT2D eigenvalue weighted by Gasteiger charge is -2.36. The average molecular weight is 425 g/mol. The number of imide groups is 1. The lowest BCUT2D eigenvalue weighted by molar-refractivity contribution is -0.143. The number of rotatable bonds is 4. The summed E-state index contributed by atoms with van der Waals surface area (Å²) in [6.45, 7) is 10.5. The molecule has 5 nitrogen and oxygen atoms in total. The minimum Gasteiger partial charge on any atom is -0.327 e. The van der Waals surface area contributed by atoms with Gasteiger partial charge in [-0.2, -0.15) is 0 Å². The zero-order chi connectivity index (χ0) is 22.6. The molecule has 1 saturated heterocycles. The number of nitrogens with zero attached hydrogens (tertiary/aromatic N) is 2. The number of carbonyl (C=O) groups is 3. The van der Waals surface area contributed by atoms with Gasteiger partial charge >= 0.3 is 0 Å². The Balaban J connectivity index is 1.66. The summed E-state index contributed by atoms with van der Waals surface area (Å²) in [7, 11) is 0. The Bertz CT molecular complexity index is 864. The number of benzene rings is 1. The number of hydrogen-bond acceptors (Lipinski definition) is 3. The summed E-state index contributed by atoms with van der Waals surface area (Å²) in [5.74, 6) is -0.499. The number of anilines is 1. The van der Waals surface area contributed by atoms with Crippen molar-refractivity contribution in [2.24, 2.45) is 16.7 Å². The second-order valence-electron chi connectivity index (χ2n) is 10.9. The summed E-state index contributed by atoms with van der Waals surface area (Å²) >= 11 is 0. The first-order valence-electron chi connectivity index (χ1n) is 11.8. The van der Waals surface area contributed by atoms with E-state index in [9.17, 15) is 14.4 Å². The van der Waals surface area contributed by atoms with Crippen molar-refractivity contribution >= 4 is 23.4 Å². The van der Waals surface area contributed by atoms with E-state index in [0.29, 0.717) is 5.69 Å². The van der Waals surface area contributed by atoms with Gasteiger partial charge in [-0.25, -0.2) is 4.90 Å². The van der Waals surface area contributed by atoms with E-state index in [1.807, 2.05) is 36.1 Å². The van der Waals surface area contributed by atoms with E-state index < -0.39 is 6.04 Å². The van der Waals surface area contributed by atoms with Crippen molar-refractivity contribution in [1.29, 1.82) is 0 Å². The van der Waals surface area contributed by atoms with Crippen LogP contribution >= 0.6 is 0 Å². The molecule has 3 amide bonds. The number of amides is 3. The molecular formula is C26H36N2O3. The van der Waals surface area contributed by atoms with Crippen LogP contribution in [-0.2, 0) is 14.4 Å². The summed E-state index contributed by atoms with van der Waals surface area (Å²) < 4.78 is 0. The van der Waals surface area contributed by atoms with E-state index in [1.165, 1.54) is 17.7 Å². The molecule has 1 aliphatic heterocycles. The van der Waals surface area contributed by atoms with Crippen LogP contribution in [0, 0.1) is 23.7 Å². The summed E-state index contributed by atoms with van der Waals surface area (Å²) in [4.78, 5) is 43.6. The molecule has 1 aromatic carbocycles. The third-order valence-corrected chi connectivity index (χ3v) is 8.49. The Labute approximate surface area is 186 Å². The van der Waals surface area contributed by atoms with Crippen LogP contribution in [0.3, 0.4) is 0 Å². The van der Waals surface area contributed by atoms with Crippen LogP contribution in [0.2, 0.25) is 0 Å². The van der Waals surface area contributed by atoms with E-state index >= 15 is 0 Å². The Morgan fingerprint density at radius 2 is 1.48 bits per heavy atom. The van der Waals surface area contributed by atoms with Gasteiger partial charge in [0.1, 0.15) is 6.04 Å². The van der Waals surface area contributed by atoms with Gasteiger partial charge in [-0.3, -0.25) is 14.4 Å². The molecule has 3 aliphatic rings. The highest BCUT2D eigenvalue weighted by atomic mass is 16.2. The van der Waals surface area contributed by atoms with Gasteiger partial charge in [0.05, 0.1) is 12.1 Å². The van der Waals surface area contributed by atoms with Gasteiger partial charge in [-0.1, -0.05) is 71.1 Å². The van der Waals surface area contributed by atoms with Crippen molar-refractivity contribution < 1.29 is 14.4 Å². The molecule has 1 aromatic rings. The monoisotopic (exact) mass is 424 g/mol. The summed E-state index contributed by atoms with van der Waals surface area (Å²) in [5.41, 5.74) is 1.47. The molecule has 2 aliphatic carbocycles. The van der Waals surface area contributed by atoms with Crippen LogP contribution in [0.1, 0.15) is 78.2 Å². The highest BCUT2D eigenvalue weighted by Gasteiger charge is 2.69. The van der Waals surface area contributed by atoms with Crippen molar-refractivity contribution in [1.82, 2.24) is 4.90 Å². The highest BCUT2D eigenvalue weighted by molar-refractivity contribution is 6.23. The van der Waals surface area contributed by atoms with Gasteiger partial charge in [0.25, 0.3) is 5.91 Å². The largest absolute Gasteiger partial charge is 0.327 e. The molecular weight excluding hydrogens is 388 g/mol. The zero-order valence-corrected chi connectivity index (χ0v) is 19.6. The standard InChI is InChI=1S/C26H36N2O3/c1-17-12-14-19(15-13-17)28-21(29)16-20(23(28)30)27(18-10-8-6-7-9-11-18)24(31)22-25(2,3)26(22,4)5/h12-15,18,20,22H,6-11,16H2,1-5H3. The Hall–Kier alpha value is -2.17. The lowest BCUT2D eigenvalue weighted by Crippen LogP contribution is -2.52. The van der Waals surface area contributed by atoms with Crippen molar-refractivity contribution in [3.05, 3.63) is 29.8 Å². The third kappa shape index (κ3) is 3.60. The molecule has 5 heteroatoms. The number of hydrogen-bond donors (Lipinski definition) is 0. The van der Waals surface area contributed by atoms with E-state index in [-0.39, 0.29) is 46.9 Å². The van der Waals surface area contributed by atoms with E-state index in [4.69, 9.17) is 0 Å². The maximum atomic E-state index is 13.9. The summed E-state index contributed by atoms with van der Waals surface area (Å²) in [6.07, 6.45) is 6.41. The first-order chi connectivity index (χ1) is 14.6. The molecule has 168 valence electrons. The van der Waals surface area contributed by atoms with Crippen LogP contribution < -0.4 is 4.90 Å². The SMILES string of the molecule is Cc1ccc(N2C(=O)CC(N(C(=O)C3C(C)(C)C3(C)C)C3CCCCCC3)C2=O)cc1. The van der Waals surface area contributed by atoms with E-state index in [0.717, 1.165) is 31.2 Å². The molecule has 0 spiro atoms. The van der Waals surface area contributed by atoms with Crippen LogP contribution in [0.5, 0.6) is 0 Å². The second-order valence-corrected chi connectivity index (χ2v) is 10.9. The molecule has 0 radical (unpaired) electrons. The quantitative estimate of drug-likeness (QED) is 0.512. The van der Waals surface area contributed by atoms with Gasteiger partial charge < -0.3 is 4.90 Å². The van der Waals surface area contributed by atoms with Crippen molar-refractivity contribution in [3.8, 4) is 0 Å². The minimum atomic E-state index is -0.684. The Morgan fingerprint density at radius 1 is 0.935 bits per heavy atom. The number of aryl methyl sites for hydroxylation is 1. The molecule has 2 saturated carbocycles. The molecule has 0 N–H and O–H groups in total. The summed E-state index contributed by atoms with van der Waals surface area (Å²) in [5, 5.41) is 0. The van der Waals surface area contributed by atoms with Crippen molar-refractivity contribution in [3.63, 3.8) is 0 Å². The second kappa shape index (κ2) is 7.75. The molecule has 31 heavy (non-hydrogen) atoms. The fraction of sp³-hybridized carbons (Fsp3) is 0.654. The van der Waals surface area contributed by atoms with Gasteiger partial charge in [0.15, 0.2) is 0 Å². The van der Waals surface area contributed by atoms with Crippen molar-refractivity contribution in [2.45, 2.75) is 91.6 Å². The molecule has 1 unspecified atom stereocenters. The van der Waals surface area contributed by atoms with E-state index in [1.54, 1.807) is 0 Å². The molecule has 1 heterocycles. The maximum absolute atomic E-state index is 13.9.